The van der Waals surface area contributed by atoms with Crippen LogP contribution in [0.5, 0.6) is 0 Å². The minimum absolute atomic E-state index is 0.165. The summed E-state index contributed by atoms with van der Waals surface area (Å²) in [5.74, 6) is 0.486. The lowest BCUT2D eigenvalue weighted by molar-refractivity contribution is -0.137. The summed E-state index contributed by atoms with van der Waals surface area (Å²) in [7, 11) is 0. The lowest BCUT2D eigenvalue weighted by atomic mass is 9.88. The molecule has 0 aromatic heterocycles. The number of aliphatic carboxylic acids is 1. The Morgan fingerprint density at radius 1 is 1.40 bits per heavy atom. The van der Waals surface area contributed by atoms with Crippen molar-refractivity contribution in [1.82, 2.24) is 0 Å². The first-order valence-electron chi connectivity index (χ1n) is 7.24. The van der Waals surface area contributed by atoms with Crippen molar-refractivity contribution in [1.29, 1.82) is 0 Å². The van der Waals surface area contributed by atoms with E-state index >= 15 is 0 Å². The molecular formula is C16H19BrO3. The number of benzene rings is 1. The Morgan fingerprint density at radius 3 is 2.75 bits per heavy atom. The second-order valence-corrected chi connectivity index (χ2v) is 6.74. The fraction of sp³-hybridized carbons (Fsp3) is 0.562. The Labute approximate surface area is 127 Å². The number of carbonyl (C=O) groups is 1. The van der Waals surface area contributed by atoms with Gasteiger partial charge in [-0.3, -0.25) is 4.79 Å². The number of rotatable bonds is 5. The van der Waals surface area contributed by atoms with E-state index in [9.17, 15) is 4.79 Å². The molecule has 2 aliphatic rings. The maximum Gasteiger partial charge on any atom is 0.303 e. The van der Waals surface area contributed by atoms with E-state index in [4.69, 9.17) is 9.84 Å². The lowest BCUT2D eigenvalue weighted by Gasteiger charge is -2.18. The molecule has 1 heterocycles. The van der Waals surface area contributed by atoms with Gasteiger partial charge in [-0.1, -0.05) is 28.1 Å². The standard InChI is InChI=1S/C16H19BrO3/c17-15-7-11(14(8-16(18)19)10-1-2-10)3-4-13(15)12-5-6-20-9-12/h3-4,7,10,12,14H,1-2,5-6,8-9H2,(H,18,19). The van der Waals surface area contributed by atoms with Gasteiger partial charge in [-0.05, 0) is 48.3 Å². The van der Waals surface area contributed by atoms with E-state index in [1.807, 2.05) is 0 Å². The summed E-state index contributed by atoms with van der Waals surface area (Å²) < 4.78 is 6.55. The zero-order valence-electron chi connectivity index (χ0n) is 11.3. The maximum atomic E-state index is 11.0. The van der Waals surface area contributed by atoms with Crippen molar-refractivity contribution in [3.63, 3.8) is 0 Å². The molecule has 0 bridgehead atoms. The topological polar surface area (TPSA) is 46.5 Å². The summed E-state index contributed by atoms with van der Waals surface area (Å²) >= 11 is 3.66. The first-order chi connectivity index (χ1) is 9.65. The highest BCUT2D eigenvalue weighted by atomic mass is 79.9. The van der Waals surface area contributed by atoms with Gasteiger partial charge in [0.25, 0.3) is 0 Å². The molecule has 1 aliphatic heterocycles. The quantitative estimate of drug-likeness (QED) is 0.884. The molecule has 3 nitrogen and oxygen atoms in total. The van der Waals surface area contributed by atoms with Crippen molar-refractivity contribution in [3.8, 4) is 0 Å². The van der Waals surface area contributed by atoms with Gasteiger partial charge in [0.2, 0.25) is 0 Å². The third-order valence-corrected chi connectivity index (χ3v) is 5.09. The predicted octanol–water partition coefficient (Wildman–Crippen LogP) is 3.92. The molecule has 0 amide bonds. The fourth-order valence-electron chi connectivity index (χ4n) is 3.13. The van der Waals surface area contributed by atoms with Gasteiger partial charge in [0, 0.05) is 17.0 Å². The number of ether oxygens (including phenoxy) is 1. The molecule has 1 aromatic rings. The van der Waals surface area contributed by atoms with Crippen molar-refractivity contribution in [2.24, 2.45) is 5.92 Å². The zero-order valence-corrected chi connectivity index (χ0v) is 12.9. The second kappa shape index (κ2) is 5.86. The minimum Gasteiger partial charge on any atom is -0.481 e. The highest BCUT2D eigenvalue weighted by Gasteiger charge is 2.34. The summed E-state index contributed by atoms with van der Waals surface area (Å²) in [4.78, 5) is 11.0. The van der Waals surface area contributed by atoms with E-state index in [1.165, 1.54) is 5.56 Å². The summed E-state index contributed by atoms with van der Waals surface area (Å²) in [6, 6.07) is 6.39. The van der Waals surface area contributed by atoms with Crippen LogP contribution in [-0.2, 0) is 9.53 Å². The molecule has 4 heteroatoms. The Kier molecular flexibility index (Phi) is 4.13. The van der Waals surface area contributed by atoms with Crippen LogP contribution in [0.3, 0.4) is 0 Å². The van der Waals surface area contributed by atoms with E-state index < -0.39 is 5.97 Å². The molecule has 1 saturated heterocycles. The van der Waals surface area contributed by atoms with Gasteiger partial charge in [0.1, 0.15) is 0 Å². The molecule has 2 unspecified atom stereocenters. The van der Waals surface area contributed by atoms with Gasteiger partial charge < -0.3 is 9.84 Å². The van der Waals surface area contributed by atoms with Gasteiger partial charge in [-0.15, -0.1) is 0 Å². The largest absolute Gasteiger partial charge is 0.481 e. The molecule has 108 valence electrons. The predicted molar refractivity (Wildman–Crippen MR) is 80.0 cm³/mol. The number of carboxylic acid groups (broad SMARTS) is 1. The normalized spacial score (nSPS) is 23.8. The van der Waals surface area contributed by atoms with Crippen LogP contribution in [0.25, 0.3) is 0 Å². The zero-order chi connectivity index (χ0) is 14.1. The number of hydrogen-bond donors (Lipinski definition) is 1. The molecule has 2 fully saturated rings. The van der Waals surface area contributed by atoms with Crippen LogP contribution < -0.4 is 0 Å². The molecule has 0 spiro atoms. The average Bonchev–Trinajstić information content (AvgIpc) is 3.11. The van der Waals surface area contributed by atoms with E-state index in [1.54, 1.807) is 0 Å². The van der Waals surface area contributed by atoms with Gasteiger partial charge in [-0.25, -0.2) is 0 Å². The van der Waals surface area contributed by atoms with Crippen LogP contribution in [0.15, 0.2) is 22.7 Å². The molecule has 1 saturated carbocycles. The summed E-state index contributed by atoms with van der Waals surface area (Å²) in [6.07, 6.45) is 3.63. The Morgan fingerprint density at radius 2 is 2.20 bits per heavy atom. The van der Waals surface area contributed by atoms with Gasteiger partial charge in [0.05, 0.1) is 13.0 Å². The van der Waals surface area contributed by atoms with E-state index in [2.05, 4.69) is 34.1 Å². The molecular weight excluding hydrogens is 320 g/mol. The third kappa shape index (κ3) is 3.07. The number of carboxylic acids is 1. The lowest BCUT2D eigenvalue weighted by Crippen LogP contribution is -2.09. The molecule has 0 radical (unpaired) electrons. The van der Waals surface area contributed by atoms with Gasteiger partial charge in [0.15, 0.2) is 0 Å². The molecule has 20 heavy (non-hydrogen) atoms. The SMILES string of the molecule is O=C(O)CC(c1ccc(C2CCOC2)c(Br)c1)C1CC1. The third-order valence-electron chi connectivity index (χ3n) is 4.41. The van der Waals surface area contributed by atoms with Gasteiger partial charge >= 0.3 is 5.97 Å². The monoisotopic (exact) mass is 338 g/mol. The number of hydrogen-bond acceptors (Lipinski definition) is 2. The molecule has 1 aromatic carbocycles. The Bertz CT molecular complexity index is 504. The van der Waals surface area contributed by atoms with E-state index in [0.29, 0.717) is 11.8 Å². The van der Waals surface area contributed by atoms with E-state index in [0.717, 1.165) is 42.5 Å². The second-order valence-electron chi connectivity index (χ2n) is 5.88. The summed E-state index contributed by atoms with van der Waals surface area (Å²) in [5.41, 5.74) is 2.44. The fourth-order valence-corrected chi connectivity index (χ4v) is 3.85. The molecule has 1 N–H and O–H groups in total. The van der Waals surface area contributed by atoms with Crippen LogP contribution in [0.2, 0.25) is 0 Å². The van der Waals surface area contributed by atoms with Crippen LogP contribution >= 0.6 is 15.9 Å². The smallest absolute Gasteiger partial charge is 0.303 e. The highest BCUT2D eigenvalue weighted by Crippen LogP contribution is 2.45. The summed E-state index contributed by atoms with van der Waals surface area (Å²) in [5, 5.41) is 9.09. The minimum atomic E-state index is -0.703. The maximum absolute atomic E-state index is 11.0. The van der Waals surface area contributed by atoms with Crippen molar-refractivity contribution in [3.05, 3.63) is 33.8 Å². The van der Waals surface area contributed by atoms with Crippen LogP contribution in [-0.4, -0.2) is 24.3 Å². The first-order valence-corrected chi connectivity index (χ1v) is 8.03. The van der Waals surface area contributed by atoms with E-state index in [-0.39, 0.29) is 12.3 Å². The number of halogens is 1. The highest BCUT2D eigenvalue weighted by molar-refractivity contribution is 9.10. The van der Waals surface area contributed by atoms with Gasteiger partial charge in [-0.2, -0.15) is 0 Å². The van der Waals surface area contributed by atoms with Crippen molar-refractivity contribution >= 4 is 21.9 Å². The summed E-state index contributed by atoms with van der Waals surface area (Å²) in [6.45, 7) is 1.63. The Hall–Kier alpha value is -0.870. The Balaban J connectivity index is 1.82. The van der Waals surface area contributed by atoms with Crippen LogP contribution in [0.4, 0.5) is 0 Å². The first kappa shape index (κ1) is 14.1. The van der Waals surface area contributed by atoms with Crippen LogP contribution in [0, 0.1) is 5.92 Å². The van der Waals surface area contributed by atoms with Crippen molar-refractivity contribution < 1.29 is 14.6 Å². The molecule has 3 rings (SSSR count). The van der Waals surface area contributed by atoms with Crippen molar-refractivity contribution in [2.75, 3.05) is 13.2 Å². The molecule has 2 atom stereocenters. The molecule has 1 aliphatic carbocycles. The van der Waals surface area contributed by atoms with Crippen molar-refractivity contribution in [2.45, 2.75) is 37.5 Å². The van der Waals surface area contributed by atoms with Crippen LogP contribution in [0.1, 0.15) is 48.6 Å². The average molecular weight is 339 g/mol.